The predicted octanol–water partition coefficient (Wildman–Crippen LogP) is 4.44. The van der Waals surface area contributed by atoms with E-state index < -0.39 is 17.5 Å². The molecule has 1 heterocycles. The van der Waals surface area contributed by atoms with Gasteiger partial charge in [0.1, 0.15) is 17.5 Å². The standard InChI is InChI=1S/C19H16F3NO2S/c1-25-10-14-17-15(22)3-2-4-16(17)26-18(14)19(24)23-6-5-11-7-12(20)9-13(21)8-11/h2-4,7-9H,5-6,10H2,1H3,(H,23,24). The molecular weight excluding hydrogens is 363 g/mol. The highest BCUT2D eigenvalue weighted by Gasteiger charge is 2.20. The highest BCUT2D eigenvalue weighted by atomic mass is 32.1. The van der Waals surface area contributed by atoms with E-state index in [1.165, 1.54) is 36.6 Å². The SMILES string of the molecule is COCc1c(C(=O)NCCc2cc(F)cc(F)c2)sc2cccc(F)c12. The Balaban J connectivity index is 1.77. The van der Waals surface area contributed by atoms with Crippen molar-refractivity contribution in [2.24, 2.45) is 0 Å². The van der Waals surface area contributed by atoms with Gasteiger partial charge in [-0.05, 0) is 36.2 Å². The van der Waals surface area contributed by atoms with Crippen LogP contribution >= 0.6 is 11.3 Å². The van der Waals surface area contributed by atoms with Crippen molar-refractivity contribution < 1.29 is 22.7 Å². The van der Waals surface area contributed by atoms with Gasteiger partial charge in [-0.2, -0.15) is 0 Å². The number of rotatable bonds is 6. The topological polar surface area (TPSA) is 38.3 Å². The number of carbonyl (C=O) groups is 1. The van der Waals surface area contributed by atoms with Gasteiger partial charge in [-0.25, -0.2) is 13.2 Å². The number of hydrogen-bond donors (Lipinski definition) is 1. The van der Waals surface area contributed by atoms with Crippen molar-refractivity contribution in [1.82, 2.24) is 5.32 Å². The molecule has 0 unspecified atom stereocenters. The van der Waals surface area contributed by atoms with Gasteiger partial charge in [0.05, 0.1) is 11.5 Å². The second-order valence-electron chi connectivity index (χ2n) is 5.74. The first-order valence-electron chi connectivity index (χ1n) is 7.91. The summed E-state index contributed by atoms with van der Waals surface area (Å²) in [4.78, 5) is 12.9. The van der Waals surface area contributed by atoms with Crippen LogP contribution in [0.15, 0.2) is 36.4 Å². The van der Waals surface area contributed by atoms with Gasteiger partial charge < -0.3 is 10.1 Å². The van der Waals surface area contributed by atoms with Gasteiger partial charge in [0.2, 0.25) is 0 Å². The van der Waals surface area contributed by atoms with Crippen LogP contribution < -0.4 is 5.32 Å². The van der Waals surface area contributed by atoms with E-state index in [0.29, 0.717) is 26.1 Å². The molecule has 0 fully saturated rings. The largest absolute Gasteiger partial charge is 0.380 e. The second-order valence-corrected chi connectivity index (χ2v) is 6.79. The molecule has 3 rings (SSSR count). The third-order valence-corrected chi connectivity index (χ3v) is 5.08. The lowest BCUT2D eigenvalue weighted by atomic mass is 10.1. The molecule has 3 aromatic rings. The molecule has 0 bridgehead atoms. The van der Waals surface area contributed by atoms with Crippen molar-refractivity contribution in [3.63, 3.8) is 0 Å². The van der Waals surface area contributed by atoms with Crippen LogP contribution in [-0.2, 0) is 17.8 Å². The monoisotopic (exact) mass is 379 g/mol. The summed E-state index contributed by atoms with van der Waals surface area (Å²) >= 11 is 1.19. The fraction of sp³-hybridized carbons (Fsp3) is 0.211. The Hall–Kier alpha value is -2.38. The Kier molecular flexibility index (Phi) is 5.58. The minimum atomic E-state index is -0.659. The van der Waals surface area contributed by atoms with Crippen LogP contribution in [-0.4, -0.2) is 19.6 Å². The summed E-state index contributed by atoms with van der Waals surface area (Å²) < 4.78 is 46.3. The molecule has 0 atom stereocenters. The van der Waals surface area contributed by atoms with Crippen molar-refractivity contribution in [3.05, 3.63) is 69.9 Å². The van der Waals surface area contributed by atoms with Gasteiger partial charge in [0.15, 0.2) is 0 Å². The number of hydrogen-bond acceptors (Lipinski definition) is 3. The minimum Gasteiger partial charge on any atom is -0.380 e. The number of nitrogens with one attached hydrogen (secondary N) is 1. The Morgan fingerprint density at radius 3 is 2.58 bits per heavy atom. The van der Waals surface area contributed by atoms with Crippen molar-refractivity contribution >= 4 is 27.3 Å². The summed E-state index contributed by atoms with van der Waals surface area (Å²) in [5.74, 6) is -2.09. The van der Waals surface area contributed by atoms with E-state index in [-0.39, 0.29) is 25.5 Å². The fourth-order valence-corrected chi connectivity index (χ4v) is 3.93. The van der Waals surface area contributed by atoms with E-state index in [0.717, 1.165) is 6.07 Å². The molecular formula is C19H16F3NO2S. The summed E-state index contributed by atoms with van der Waals surface area (Å²) in [6, 6.07) is 7.92. The lowest BCUT2D eigenvalue weighted by molar-refractivity contribution is 0.0954. The number of thiophene rings is 1. The number of benzene rings is 2. The van der Waals surface area contributed by atoms with Crippen molar-refractivity contribution in [2.75, 3.05) is 13.7 Å². The van der Waals surface area contributed by atoms with Gasteiger partial charge in [0, 0.05) is 35.4 Å². The first kappa shape index (κ1) is 18.4. The van der Waals surface area contributed by atoms with Crippen LogP contribution in [0.1, 0.15) is 20.8 Å². The normalized spacial score (nSPS) is 11.1. The summed E-state index contributed by atoms with van der Waals surface area (Å²) in [5.41, 5.74) is 0.946. The molecule has 3 nitrogen and oxygen atoms in total. The van der Waals surface area contributed by atoms with Crippen LogP contribution in [0.3, 0.4) is 0 Å². The molecule has 0 spiro atoms. The number of ether oxygens (including phenoxy) is 1. The molecule has 0 saturated heterocycles. The molecule has 26 heavy (non-hydrogen) atoms. The van der Waals surface area contributed by atoms with Crippen molar-refractivity contribution in [1.29, 1.82) is 0 Å². The van der Waals surface area contributed by atoms with Gasteiger partial charge in [-0.3, -0.25) is 4.79 Å². The van der Waals surface area contributed by atoms with Gasteiger partial charge in [-0.15, -0.1) is 11.3 Å². The Morgan fingerprint density at radius 1 is 1.15 bits per heavy atom. The van der Waals surface area contributed by atoms with Crippen LogP contribution in [0.4, 0.5) is 13.2 Å². The average molecular weight is 379 g/mol. The number of amides is 1. The predicted molar refractivity (Wildman–Crippen MR) is 94.9 cm³/mol. The molecule has 0 aliphatic heterocycles. The molecule has 0 aliphatic carbocycles. The fourth-order valence-electron chi connectivity index (χ4n) is 2.79. The van der Waals surface area contributed by atoms with E-state index >= 15 is 0 Å². The molecule has 2 aromatic carbocycles. The van der Waals surface area contributed by atoms with Crippen LogP contribution in [0.25, 0.3) is 10.1 Å². The summed E-state index contributed by atoms with van der Waals surface area (Å²) in [5, 5.41) is 3.10. The average Bonchev–Trinajstić information content (AvgIpc) is 2.94. The lowest BCUT2D eigenvalue weighted by Gasteiger charge is -2.07. The molecule has 1 aromatic heterocycles. The third-order valence-electron chi connectivity index (χ3n) is 3.88. The first-order chi connectivity index (χ1) is 12.5. The van der Waals surface area contributed by atoms with E-state index in [1.54, 1.807) is 12.1 Å². The Bertz CT molecular complexity index is 935. The molecule has 0 aliphatic rings. The molecule has 0 saturated carbocycles. The molecule has 0 radical (unpaired) electrons. The smallest absolute Gasteiger partial charge is 0.261 e. The molecule has 7 heteroatoms. The number of carbonyl (C=O) groups excluding carboxylic acids is 1. The molecule has 1 amide bonds. The van der Waals surface area contributed by atoms with Crippen LogP contribution in [0, 0.1) is 17.5 Å². The Labute approximate surface area is 152 Å². The zero-order chi connectivity index (χ0) is 18.7. The van der Waals surface area contributed by atoms with Crippen LogP contribution in [0.2, 0.25) is 0 Å². The van der Waals surface area contributed by atoms with Crippen LogP contribution in [0.5, 0.6) is 0 Å². The van der Waals surface area contributed by atoms with Gasteiger partial charge in [0.25, 0.3) is 5.91 Å². The minimum absolute atomic E-state index is 0.110. The maximum Gasteiger partial charge on any atom is 0.261 e. The van der Waals surface area contributed by atoms with E-state index in [2.05, 4.69) is 5.32 Å². The number of methoxy groups -OCH3 is 1. The van der Waals surface area contributed by atoms with Gasteiger partial charge in [-0.1, -0.05) is 6.07 Å². The van der Waals surface area contributed by atoms with Gasteiger partial charge >= 0.3 is 0 Å². The lowest BCUT2D eigenvalue weighted by Crippen LogP contribution is -2.25. The Morgan fingerprint density at radius 2 is 1.88 bits per heavy atom. The molecule has 1 N–H and O–H groups in total. The highest BCUT2D eigenvalue weighted by Crippen LogP contribution is 2.33. The van der Waals surface area contributed by atoms with Crippen molar-refractivity contribution in [2.45, 2.75) is 13.0 Å². The summed E-state index contributed by atoms with van der Waals surface area (Å²) in [6.45, 7) is 0.309. The van der Waals surface area contributed by atoms with E-state index in [4.69, 9.17) is 4.74 Å². The third kappa shape index (κ3) is 3.89. The van der Waals surface area contributed by atoms with E-state index in [1.807, 2.05) is 0 Å². The number of halogens is 3. The van der Waals surface area contributed by atoms with E-state index in [9.17, 15) is 18.0 Å². The zero-order valence-corrected chi connectivity index (χ0v) is 14.8. The second kappa shape index (κ2) is 7.88. The quantitative estimate of drug-likeness (QED) is 0.688. The van der Waals surface area contributed by atoms with Crippen molar-refractivity contribution in [3.8, 4) is 0 Å². The number of fused-ring (bicyclic) bond motifs is 1. The maximum absolute atomic E-state index is 14.1. The first-order valence-corrected chi connectivity index (χ1v) is 8.73. The molecule has 136 valence electrons. The highest BCUT2D eigenvalue weighted by molar-refractivity contribution is 7.21. The summed E-state index contributed by atoms with van der Waals surface area (Å²) in [7, 11) is 1.48. The maximum atomic E-state index is 14.1. The summed E-state index contributed by atoms with van der Waals surface area (Å²) in [6.07, 6.45) is 0.277. The zero-order valence-electron chi connectivity index (χ0n) is 13.9.